The minimum Gasteiger partial charge on any atom is -0.369 e. The monoisotopic (exact) mass is 218 g/mol. The van der Waals surface area contributed by atoms with Gasteiger partial charge in [-0.2, -0.15) is 0 Å². The molecule has 2 N–H and O–H groups in total. The molecule has 0 amide bonds. The molecule has 1 heterocycles. The molecule has 1 aromatic carbocycles. The predicted octanol–water partition coefficient (Wildman–Crippen LogP) is 3.09. The highest BCUT2D eigenvalue weighted by Gasteiger charge is 2.23. The molecule has 16 heavy (non-hydrogen) atoms. The van der Waals surface area contributed by atoms with Crippen molar-refractivity contribution in [1.82, 2.24) is 0 Å². The van der Waals surface area contributed by atoms with E-state index in [0.29, 0.717) is 6.04 Å². The van der Waals surface area contributed by atoms with Gasteiger partial charge in [0.25, 0.3) is 0 Å². The van der Waals surface area contributed by atoms with Crippen LogP contribution >= 0.6 is 0 Å². The number of nitrogens with zero attached hydrogens (tertiary/aromatic N) is 1. The molecule has 2 rings (SSSR count). The number of nitrogens with two attached hydrogens (primary N) is 1. The second kappa shape index (κ2) is 4.88. The Morgan fingerprint density at radius 2 is 2.19 bits per heavy atom. The second-order valence-electron chi connectivity index (χ2n) is 4.76. The third-order valence-electron chi connectivity index (χ3n) is 3.64. The van der Waals surface area contributed by atoms with E-state index in [2.05, 4.69) is 43.0 Å². The van der Waals surface area contributed by atoms with Gasteiger partial charge in [-0.25, -0.2) is 0 Å². The first-order chi connectivity index (χ1) is 7.74. The average Bonchev–Trinajstić information content (AvgIpc) is 2.74. The average molecular weight is 218 g/mol. The van der Waals surface area contributed by atoms with Crippen LogP contribution < -0.4 is 10.6 Å². The van der Waals surface area contributed by atoms with E-state index in [1.807, 2.05) is 0 Å². The molecule has 0 saturated carbocycles. The lowest BCUT2D eigenvalue weighted by Gasteiger charge is -2.28. The summed E-state index contributed by atoms with van der Waals surface area (Å²) in [6, 6.07) is 9.43. The van der Waals surface area contributed by atoms with Gasteiger partial charge in [0.15, 0.2) is 0 Å². The van der Waals surface area contributed by atoms with Crippen LogP contribution in [0.5, 0.6) is 0 Å². The van der Waals surface area contributed by atoms with E-state index in [-0.39, 0.29) is 6.04 Å². The van der Waals surface area contributed by atoms with Crippen LogP contribution in [0.25, 0.3) is 0 Å². The van der Waals surface area contributed by atoms with E-state index >= 15 is 0 Å². The van der Waals surface area contributed by atoms with Gasteiger partial charge < -0.3 is 10.6 Å². The van der Waals surface area contributed by atoms with Crippen molar-refractivity contribution in [3.63, 3.8) is 0 Å². The summed E-state index contributed by atoms with van der Waals surface area (Å²) in [7, 11) is 0. The molecule has 1 unspecified atom stereocenters. The molecule has 0 radical (unpaired) electrons. The van der Waals surface area contributed by atoms with Gasteiger partial charge in [0, 0.05) is 24.3 Å². The lowest BCUT2D eigenvalue weighted by Crippen LogP contribution is -2.28. The predicted molar refractivity (Wildman–Crippen MR) is 69.7 cm³/mol. The zero-order valence-electron chi connectivity index (χ0n) is 10.3. The van der Waals surface area contributed by atoms with Crippen molar-refractivity contribution in [3.05, 3.63) is 29.8 Å². The number of rotatable bonds is 3. The van der Waals surface area contributed by atoms with Gasteiger partial charge in [0.05, 0.1) is 0 Å². The van der Waals surface area contributed by atoms with Gasteiger partial charge >= 0.3 is 0 Å². The summed E-state index contributed by atoms with van der Waals surface area (Å²) >= 11 is 0. The van der Waals surface area contributed by atoms with Crippen molar-refractivity contribution >= 4 is 5.69 Å². The molecule has 1 fully saturated rings. The lowest BCUT2D eigenvalue weighted by molar-refractivity contribution is 0.682. The molecule has 0 aliphatic carbocycles. The van der Waals surface area contributed by atoms with Crippen LogP contribution in [-0.2, 0) is 0 Å². The zero-order valence-corrected chi connectivity index (χ0v) is 10.3. The molecule has 88 valence electrons. The van der Waals surface area contributed by atoms with Crippen molar-refractivity contribution < 1.29 is 0 Å². The first kappa shape index (κ1) is 11.5. The summed E-state index contributed by atoms with van der Waals surface area (Å²) in [6.45, 7) is 5.63. The first-order valence-electron chi connectivity index (χ1n) is 6.35. The fourth-order valence-electron chi connectivity index (χ4n) is 2.57. The summed E-state index contributed by atoms with van der Waals surface area (Å²) in [5.74, 6) is 0. The molecular formula is C14H22N2. The minimum atomic E-state index is 0.170. The van der Waals surface area contributed by atoms with Gasteiger partial charge in [0.1, 0.15) is 0 Å². The molecule has 0 aromatic heterocycles. The number of hydrogen-bond donors (Lipinski definition) is 1. The van der Waals surface area contributed by atoms with Crippen molar-refractivity contribution in [2.24, 2.45) is 5.73 Å². The number of para-hydroxylation sites is 1. The normalized spacial score (nSPS) is 22.4. The number of hydrogen-bond acceptors (Lipinski definition) is 2. The van der Waals surface area contributed by atoms with Crippen molar-refractivity contribution in [3.8, 4) is 0 Å². The van der Waals surface area contributed by atoms with Crippen LogP contribution in [0, 0.1) is 0 Å². The quantitative estimate of drug-likeness (QED) is 0.844. The summed E-state index contributed by atoms with van der Waals surface area (Å²) in [5, 5.41) is 0. The standard InChI is InChI=1S/C14H22N2/c1-3-13(15)12-8-4-5-9-14(12)16-10-6-7-11(16)2/h4-5,8-9,11,13H,3,6-7,10,15H2,1-2H3/t11?,13-/m0/s1. The van der Waals surface area contributed by atoms with E-state index in [4.69, 9.17) is 5.73 Å². The fourth-order valence-corrected chi connectivity index (χ4v) is 2.57. The molecule has 2 nitrogen and oxygen atoms in total. The Balaban J connectivity index is 2.32. The Kier molecular flexibility index (Phi) is 3.49. The van der Waals surface area contributed by atoms with E-state index in [0.717, 1.165) is 6.42 Å². The fraction of sp³-hybridized carbons (Fsp3) is 0.571. The Bertz CT molecular complexity index is 348. The molecular weight excluding hydrogens is 196 g/mol. The summed E-state index contributed by atoms with van der Waals surface area (Å²) in [5.41, 5.74) is 8.83. The Morgan fingerprint density at radius 3 is 2.81 bits per heavy atom. The maximum Gasteiger partial charge on any atom is 0.0417 e. The largest absolute Gasteiger partial charge is 0.369 e. The van der Waals surface area contributed by atoms with E-state index in [1.54, 1.807) is 0 Å². The second-order valence-corrected chi connectivity index (χ2v) is 4.76. The van der Waals surface area contributed by atoms with Crippen LogP contribution in [0.4, 0.5) is 5.69 Å². The summed E-state index contributed by atoms with van der Waals surface area (Å²) in [6.07, 6.45) is 3.60. The van der Waals surface area contributed by atoms with Crippen LogP contribution in [0.15, 0.2) is 24.3 Å². The lowest BCUT2D eigenvalue weighted by atomic mass is 10.0. The van der Waals surface area contributed by atoms with Gasteiger partial charge in [-0.05, 0) is 37.8 Å². The first-order valence-corrected chi connectivity index (χ1v) is 6.35. The molecule has 0 spiro atoms. The van der Waals surface area contributed by atoms with Gasteiger partial charge in [-0.1, -0.05) is 25.1 Å². The molecule has 1 saturated heterocycles. The van der Waals surface area contributed by atoms with E-state index in [1.165, 1.54) is 30.6 Å². The molecule has 1 aliphatic heterocycles. The van der Waals surface area contributed by atoms with Crippen molar-refractivity contribution in [2.75, 3.05) is 11.4 Å². The third-order valence-corrected chi connectivity index (χ3v) is 3.64. The molecule has 2 heteroatoms. The minimum absolute atomic E-state index is 0.170. The molecule has 2 atom stereocenters. The highest BCUT2D eigenvalue weighted by Crippen LogP contribution is 2.31. The Morgan fingerprint density at radius 1 is 1.44 bits per heavy atom. The summed E-state index contributed by atoms with van der Waals surface area (Å²) < 4.78 is 0. The van der Waals surface area contributed by atoms with Gasteiger partial charge in [-0.15, -0.1) is 0 Å². The summed E-state index contributed by atoms with van der Waals surface area (Å²) in [4.78, 5) is 2.50. The molecule has 1 aliphatic rings. The highest BCUT2D eigenvalue weighted by atomic mass is 15.2. The molecule has 1 aromatic rings. The van der Waals surface area contributed by atoms with Gasteiger partial charge in [-0.3, -0.25) is 0 Å². The third kappa shape index (κ3) is 2.07. The van der Waals surface area contributed by atoms with Crippen LogP contribution in [-0.4, -0.2) is 12.6 Å². The maximum absolute atomic E-state index is 6.18. The Hall–Kier alpha value is -1.02. The van der Waals surface area contributed by atoms with Crippen LogP contribution in [0.2, 0.25) is 0 Å². The smallest absolute Gasteiger partial charge is 0.0417 e. The van der Waals surface area contributed by atoms with E-state index < -0.39 is 0 Å². The van der Waals surface area contributed by atoms with Crippen molar-refractivity contribution in [1.29, 1.82) is 0 Å². The Labute approximate surface area is 98.4 Å². The maximum atomic E-state index is 6.18. The number of anilines is 1. The highest BCUT2D eigenvalue weighted by molar-refractivity contribution is 5.56. The number of benzene rings is 1. The van der Waals surface area contributed by atoms with Crippen LogP contribution in [0.1, 0.15) is 44.7 Å². The molecule has 0 bridgehead atoms. The van der Waals surface area contributed by atoms with Crippen molar-refractivity contribution in [2.45, 2.75) is 45.2 Å². The van der Waals surface area contributed by atoms with E-state index in [9.17, 15) is 0 Å². The van der Waals surface area contributed by atoms with Crippen LogP contribution in [0.3, 0.4) is 0 Å². The SMILES string of the molecule is CC[C@H](N)c1ccccc1N1CCCC1C. The topological polar surface area (TPSA) is 29.3 Å². The zero-order chi connectivity index (χ0) is 11.5. The van der Waals surface area contributed by atoms with Gasteiger partial charge in [0.2, 0.25) is 0 Å².